The molecule has 128 valence electrons. The Morgan fingerprint density at radius 1 is 1.17 bits per heavy atom. The van der Waals surface area contributed by atoms with Crippen molar-refractivity contribution in [3.05, 3.63) is 64.1 Å². The van der Waals surface area contributed by atoms with Crippen molar-refractivity contribution in [2.75, 3.05) is 20.1 Å². The average Bonchev–Trinajstić information content (AvgIpc) is 2.59. The summed E-state index contributed by atoms with van der Waals surface area (Å²) in [6.45, 7) is 1.50. The van der Waals surface area contributed by atoms with Crippen LogP contribution in [0.15, 0.2) is 52.1 Å². The molecule has 0 aliphatic carbocycles. The fourth-order valence-corrected chi connectivity index (χ4v) is 2.62. The molecule has 4 nitrogen and oxygen atoms in total. The normalized spacial score (nSPS) is 11.4. The van der Waals surface area contributed by atoms with Crippen LogP contribution in [0, 0.1) is 5.82 Å². The van der Waals surface area contributed by atoms with Crippen molar-refractivity contribution in [3.63, 3.8) is 0 Å². The first-order valence-electron chi connectivity index (χ1n) is 7.97. The maximum Gasteiger partial charge on any atom is 0.190 e. The smallest absolute Gasteiger partial charge is 0.190 e. The Labute approximate surface area is 150 Å². The third-order valence-electron chi connectivity index (χ3n) is 3.55. The van der Waals surface area contributed by atoms with E-state index in [0.29, 0.717) is 6.42 Å². The van der Waals surface area contributed by atoms with E-state index in [1.165, 1.54) is 6.07 Å². The number of hydrogen-bond acceptors (Lipinski definition) is 2. The summed E-state index contributed by atoms with van der Waals surface area (Å²) in [5.41, 5.74) is 1.78. The van der Waals surface area contributed by atoms with Crippen molar-refractivity contribution in [1.82, 2.24) is 15.6 Å². The number of pyridine rings is 1. The molecule has 0 radical (unpaired) electrons. The van der Waals surface area contributed by atoms with Crippen molar-refractivity contribution in [2.45, 2.75) is 19.3 Å². The second kappa shape index (κ2) is 10.0. The lowest BCUT2D eigenvalue weighted by Crippen LogP contribution is -2.38. The highest BCUT2D eigenvalue weighted by Crippen LogP contribution is 2.16. The highest BCUT2D eigenvalue weighted by molar-refractivity contribution is 9.10. The molecule has 0 saturated carbocycles. The van der Waals surface area contributed by atoms with Crippen molar-refractivity contribution in [3.8, 4) is 0 Å². The van der Waals surface area contributed by atoms with Crippen molar-refractivity contribution in [1.29, 1.82) is 0 Å². The van der Waals surface area contributed by atoms with E-state index in [2.05, 4.69) is 36.5 Å². The molecule has 24 heavy (non-hydrogen) atoms. The fraction of sp³-hybridized carbons (Fsp3) is 0.333. The van der Waals surface area contributed by atoms with Crippen LogP contribution in [0.25, 0.3) is 0 Å². The summed E-state index contributed by atoms with van der Waals surface area (Å²) in [6.07, 6.45) is 4.16. The van der Waals surface area contributed by atoms with Gasteiger partial charge in [0.25, 0.3) is 0 Å². The predicted molar refractivity (Wildman–Crippen MR) is 99.7 cm³/mol. The lowest BCUT2D eigenvalue weighted by Gasteiger charge is -2.12. The molecule has 6 heteroatoms. The Hall–Kier alpha value is -1.95. The fourth-order valence-electron chi connectivity index (χ4n) is 2.29. The molecule has 0 amide bonds. The minimum absolute atomic E-state index is 0.165. The molecule has 0 saturated heterocycles. The first kappa shape index (κ1) is 18.4. The Bertz CT molecular complexity index is 661. The largest absolute Gasteiger partial charge is 0.356 e. The summed E-state index contributed by atoms with van der Waals surface area (Å²) in [7, 11) is 1.74. The average molecular weight is 393 g/mol. The molecule has 2 aromatic rings. The summed E-state index contributed by atoms with van der Waals surface area (Å²) < 4.78 is 14.5. The molecule has 0 spiro atoms. The lowest BCUT2D eigenvalue weighted by atomic mass is 10.1. The van der Waals surface area contributed by atoms with Gasteiger partial charge in [0.1, 0.15) is 5.82 Å². The Balaban J connectivity index is 1.66. The molecule has 0 fully saturated rings. The number of halogens is 2. The minimum Gasteiger partial charge on any atom is -0.356 e. The molecule has 1 aromatic heterocycles. The number of nitrogens with one attached hydrogen (secondary N) is 2. The van der Waals surface area contributed by atoms with E-state index in [-0.39, 0.29) is 5.82 Å². The first-order chi connectivity index (χ1) is 11.7. The van der Waals surface area contributed by atoms with Gasteiger partial charge in [-0.3, -0.25) is 9.98 Å². The number of nitrogens with zero attached hydrogens (tertiary/aromatic N) is 2. The van der Waals surface area contributed by atoms with E-state index >= 15 is 0 Å². The molecule has 1 heterocycles. The SMILES string of the molecule is CN=C(NCCCc1ccc(Br)cc1F)NCCc1ccccn1. The molecule has 2 rings (SSSR count). The Kier molecular flexibility index (Phi) is 7.68. The van der Waals surface area contributed by atoms with Gasteiger partial charge in [-0.1, -0.05) is 28.1 Å². The van der Waals surface area contributed by atoms with Crippen LogP contribution >= 0.6 is 15.9 Å². The van der Waals surface area contributed by atoms with Gasteiger partial charge in [-0.2, -0.15) is 0 Å². The minimum atomic E-state index is -0.165. The maximum atomic E-state index is 13.7. The molecule has 0 unspecified atom stereocenters. The van der Waals surface area contributed by atoms with Gasteiger partial charge in [0, 0.05) is 42.9 Å². The van der Waals surface area contributed by atoms with E-state index in [0.717, 1.165) is 47.6 Å². The van der Waals surface area contributed by atoms with Gasteiger partial charge < -0.3 is 10.6 Å². The monoisotopic (exact) mass is 392 g/mol. The quantitative estimate of drug-likeness (QED) is 0.431. The van der Waals surface area contributed by atoms with Crippen molar-refractivity contribution >= 4 is 21.9 Å². The molecular weight excluding hydrogens is 371 g/mol. The number of benzene rings is 1. The molecule has 1 aromatic carbocycles. The highest BCUT2D eigenvalue weighted by atomic mass is 79.9. The van der Waals surface area contributed by atoms with Gasteiger partial charge >= 0.3 is 0 Å². The zero-order valence-electron chi connectivity index (χ0n) is 13.7. The van der Waals surface area contributed by atoms with Crippen LogP contribution in [0.2, 0.25) is 0 Å². The van der Waals surface area contributed by atoms with Gasteiger partial charge in [0.2, 0.25) is 0 Å². The van der Waals surface area contributed by atoms with Gasteiger partial charge in [-0.15, -0.1) is 0 Å². The van der Waals surface area contributed by atoms with Gasteiger partial charge in [-0.05, 0) is 42.7 Å². The van der Waals surface area contributed by atoms with Crippen molar-refractivity contribution in [2.24, 2.45) is 4.99 Å². The van der Waals surface area contributed by atoms with Gasteiger partial charge in [0.05, 0.1) is 0 Å². The zero-order valence-corrected chi connectivity index (χ0v) is 15.3. The summed E-state index contributed by atoms with van der Waals surface area (Å²) in [6, 6.07) is 11.1. The molecule has 0 aliphatic rings. The predicted octanol–water partition coefficient (Wildman–Crippen LogP) is 3.32. The second-order valence-electron chi connectivity index (χ2n) is 5.34. The lowest BCUT2D eigenvalue weighted by molar-refractivity contribution is 0.602. The van der Waals surface area contributed by atoms with Crippen LogP contribution in [0.1, 0.15) is 17.7 Å². The van der Waals surface area contributed by atoms with Crippen LogP contribution in [-0.2, 0) is 12.8 Å². The van der Waals surface area contributed by atoms with Crippen LogP contribution in [0.5, 0.6) is 0 Å². The van der Waals surface area contributed by atoms with Crippen LogP contribution in [-0.4, -0.2) is 31.1 Å². The summed E-state index contributed by atoms with van der Waals surface area (Å²) in [5.74, 6) is 0.587. The van der Waals surface area contributed by atoms with Crippen LogP contribution in [0.3, 0.4) is 0 Å². The number of hydrogen-bond donors (Lipinski definition) is 2. The van der Waals surface area contributed by atoms with E-state index in [1.54, 1.807) is 13.2 Å². The topological polar surface area (TPSA) is 49.3 Å². The molecule has 2 N–H and O–H groups in total. The van der Waals surface area contributed by atoms with E-state index in [9.17, 15) is 4.39 Å². The summed E-state index contributed by atoms with van der Waals surface area (Å²) >= 11 is 3.27. The number of aliphatic imine (C=N–C) groups is 1. The maximum absolute atomic E-state index is 13.7. The Morgan fingerprint density at radius 2 is 2.00 bits per heavy atom. The van der Waals surface area contributed by atoms with E-state index in [4.69, 9.17) is 0 Å². The standard InChI is InChI=1S/C18H22BrFN4/c1-21-18(24-12-9-16-6-2-3-10-22-16)23-11-4-5-14-7-8-15(19)13-17(14)20/h2-3,6-8,10,13H,4-5,9,11-12H2,1H3,(H2,21,23,24). The number of aromatic nitrogens is 1. The molecular formula is C18H22BrFN4. The number of rotatable bonds is 7. The molecule has 0 aliphatic heterocycles. The number of aryl methyl sites for hydroxylation is 1. The molecule has 0 bridgehead atoms. The van der Waals surface area contributed by atoms with E-state index in [1.807, 2.05) is 30.3 Å². The van der Waals surface area contributed by atoms with Gasteiger partial charge in [0.15, 0.2) is 5.96 Å². The number of guanidine groups is 1. The van der Waals surface area contributed by atoms with Crippen molar-refractivity contribution < 1.29 is 4.39 Å². The van der Waals surface area contributed by atoms with Crippen LogP contribution < -0.4 is 10.6 Å². The third kappa shape index (κ3) is 6.28. The second-order valence-corrected chi connectivity index (χ2v) is 6.25. The highest BCUT2D eigenvalue weighted by Gasteiger charge is 2.03. The van der Waals surface area contributed by atoms with Gasteiger partial charge in [-0.25, -0.2) is 4.39 Å². The summed E-state index contributed by atoms with van der Waals surface area (Å²) in [4.78, 5) is 8.47. The first-order valence-corrected chi connectivity index (χ1v) is 8.76. The summed E-state index contributed by atoms with van der Waals surface area (Å²) in [5, 5.41) is 6.50. The van der Waals surface area contributed by atoms with Crippen LogP contribution in [0.4, 0.5) is 4.39 Å². The van der Waals surface area contributed by atoms with E-state index < -0.39 is 0 Å². The molecule has 0 atom stereocenters. The zero-order chi connectivity index (χ0) is 17.2. The Morgan fingerprint density at radius 3 is 2.71 bits per heavy atom. The third-order valence-corrected chi connectivity index (χ3v) is 4.05.